The summed E-state index contributed by atoms with van der Waals surface area (Å²) in [5.41, 5.74) is 1.30. The molecule has 138 valence electrons. The van der Waals surface area contributed by atoms with Crippen LogP contribution in [0.4, 0.5) is 0 Å². The van der Waals surface area contributed by atoms with Gasteiger partial charge >= 0.3 is 0 Å². The van der Waals surface area contributed by atoms with Crippen molar-refractivity contribution in [2.24, 2.45) is 11.8 Å². The van der Waals surface area contributed by atoms with Gasteiger partial charge in [-0.25, -0.2) is 0 Å². The molecule has 0 aromatic heterocycles. The third-order valence-electron chi connectivity index (χ3n) is 4.30. The van der Waals surface area contributed by atoms with Gasteiger partial charge in [-0.05, 0) is 30.5 Å². The number of hydrogen-bond donors (Lipinski definition) is 1. The zero-order chi connectivity index (χ0) is 19.8. The molecular formula is C22H23N3O2. The first-order valence-electron chi connectivity index (χ1n) is 8.88. The fraction of sp³-hybridized carbons (Fsp3) is 0.318. The lowest BCUT2D eigenvalue weighted by Crippen LogP contribution is -2.43. The van der Waals surface area contributed by atoms with Crippen molar-refractivity contribution in [3.8, 4) is 17.9 Å². The van der Waals surface area contributed by atoms with Crippen molar-refractivity contribution >= 4 is 5.91 Å². The average molecular weight is 361 g/mol. The molecule has 0 fully saturated rings. The standard InChI is InChI=1S/C22H23N3O2/c1-15(2)19(14-24)22(26)25-16(3)21(17-9-5-4-6-10-17)27-20-12-8-7-11-18(20)13-23/h4-12,15-16,19,21H,1-3H3,(H,25,26)/t16-,19?,21-/m1/s1. The van der Waals surface area contributed by atoms with Gasteiger partial charge in [0.15, 0.2) is 0 Å². The van der Waals surface area contributed by atoms with Crippen LogP contribution < -0.4 is 10.1 Å². The lowest BCUT2D eigenvalue weighted by atomic mass is 9.95. The zero-order valence-corrected chi connectivity index (χ0v) is 15.7. The molecule has 2 aromatic carbocycles. The van der Waals surface area contributed by atoms with Crippen molar-refractivity contribution < 1.29 is 9.53 Å². The summed E-state index contributed by atoms with van der Waals surface area (Å²) in [7, 11) is 0. The Morgan fingerprint density at radius 1 is 1.00 bits per heavy atom. The summed E-state index contributed by atoms with van der Waals surface area (Å²) < 4.78 is 6.14. The molecule has 1 unspecified atom stereocenters. The molecule has 2 aromatic rings. The summed E-state index contributed by atoms with van der Waals surface area (Å²) in [6, 6.07) is 20.3. The largest absolute Gasteiger partial charge is 0.482 e. The monoisotopic (exact) mass is 361 g/mol. The molecule has 0 aliphatic heterocycles. The number of amides is 1. The van der Waals surface area contributed by atoms with Crippen LogP contribution in [0.5, 0.6) is 5.75 Å². The molecule has 0 saturated heterocycles. The summed E-state index contributed by atoms with van der Waals surface area (Å²) in [6.45, 7) is 5.51. The highest BCUT2D eigenvalue weighted by atomic mass is 16.5. The number of hydrogen-bond acceptors (Lipinski definition) is 4. The Labute approximate surface area is 160 Å². The van der Waals surface area contributed by atoms with E-state index in [4.69, 9.17) is 4.74 Å². The normalized spacial score (nSPS) is 13.7. The van der Waals surface area contributed by atoms with E-state index in [1.807, 2.05) is 51.1 Å². The Hall–Kier alpha value is -3.31. The number of carbonyl (C=O) groups excluding carboxylic acids is 1. The molecule has 0 aliphatic rings. The number of carbonyl (C=O) groups is 1. The van der Waals surface area contributed by atoms with Crippen LogP contribution in [0.2, 0.25) is 0 Å². The number of nitrogens with zero attached hydrogens (tertiary/aromatic N) is 2. The fourth-order valence-electron chi connectivity index (χ4n) is 2.80. The van der Waals surface area contributed by atoms with Crippen molar-refractivity contribution in [1.82, 2.24) is 5.32 Å². The Morgan fingerprint density at radius 2 is 1.63 bits per heavy atom. The van der Waals surface area contributed by atoms with E-state index in [9.17, 15) is 15.3 Å². The van der Waals surface area contributed by atoms with Crippen LogP contribution >= 0.6 is 0 Å². The molecule has 3 atom stereocenters. The van der Waals surface area contributed by atoms with E-state index in [0.717, 1.165) is 5.56 Å². The minimum Gasteiger partial charge on any atom is -0.482 e. The highest BCUT2D eigenvalue weighted by Crippen LogP contribution is 2.27. The first kappa shape index (κ1) is 20.0. The molecule has 5 heteroatoms. The second-order valence-electron chi connectivity index (χ2n) is 6.71. The molecule has 0 saturated carbocycles. The number of para-hydroxylation sites is 1. The zero-order valence-electron chi connectivity index (χ0n) is 15.7. The Bertz CT molecular complexity index is 850. The number of rotatable bonds is 7. The molecule has 5 nitrogen and oxygen atoms in total. The van der Waals surface area contributed by atoms with Gasteiger partial charge in [0.25, 0.3) is 0 Å². The van der Waals surface area contributed by atoms with Crippen LogP contribution in [0.25, 0.3) is 0 Å². The molecule has 2 rings (SSSR count). The topological polar surface area (TPSA) is 85.9 Å². The van der Waals surface area contributed by atoms with Crippen molar-refractivity contribution in [2.75, 3.05) is 0 Å². The Balaban J connectivity index is 2.29. The van der Waals surface area contributed by atoms with E-state index >= 15 is 0 Å². The Morgan fingerprint density at radius 3 is 2.22 bits per heavy atom. The first-order chi connectivity index (χ1) is 13.0. The third-order valence-corrected chi connectivity index (χ3v) is 4.30. The maximum absolute atomic E-state index is 12.5. The number of nitrogens with one attached hydrogen (secondary N) is 1. The van der Waals surface area contributed by atoms with Gasteiger partial charge in [-0.1, -0.05) is 56.3 Å². The fourth-order valence-corrected chi connectivity index (χ4v) is 2.80. The van der Waals surface area contributed by atoms with Gasteiger partial charge in [0.1, 0.15) is 23.8 Å². The SMILES string of the molecule is CC(C)C(C#N)C(=O)N[C@H](C)[C@@H](Oc1ccccc1C#N)c1ccccc1. The van der Waals surface area contributed by atoms with Gasteiger partial charge < -0.3 is 10.1 Å². The van der Waals surface area contributed by atoms with Crippen LogP contribution in [-0.4, -0.2) is 11.9 Å². The van der Waals surface area contributed by atoms with Crippen molar-refractivity contribution in [3.63, 3.8) is 0 Å². The Kier molecular flexibility index (Phi) is 6.97. The lowest BCUT2D eigenvalue weighted by molar-refractivity contribution is -0.125. The molecule has 0 radical (unpaired) electrons. The molecule has 0 aliphatic carbocycles. The summed E-state index contributed by atoms with van der Waals surface area (Å²) in [6.07, 6.45) is -0.504. The summed E-state index contributed by atoms with van der Waals surface area (Å²) in [4.78, 5) is 12.5. The molecule has 0 bridgehead atoms. The van der Waals surface area contributed by atoms with Crippen LogP contribution in [0, 0.1) is 34.5 Å². The summed E-state index contributed by atoms with van der Waals surface area (Å²) >= 11 is 0. The van der Waals surface area contributed by atoms with E-state index in [1.165, 1.54) is 0 Å². The molecular weight excluding hydrogens is 338 g/mol. The van der Waals surface area contributed by atoms with E-state index < -0.39 is 18.1 Å². The average Bonchev–Trinajstić information content (AvgIpc) is 2.67. The van der Waals surface area contributed by atoms with Gasteiger partial charge in [0, 0.05) is 0 Å². The van der Waals surface area contributed by atoms with Gasteiger partial charge in [-0.3, -0.25) is 4.79 Å². The van der Waals surface area contributed by atoms with Crippen LogP contribution in [0.3, 0.4) is 0 Å². The van der Waals surface area contributed by atoms with E-state index in [-0.39, 0.29) is 11.8 Å². The molecule has 1 N–H and O–H groups in total. The minimum atomic E-state index is -0.727. The lowest BCUT2D eigenvalue weighted by Gasteiger charge is -2.28. The van der Waals surface area contributed by atoms with Crippen molar-refractivity contribution in [3.05, 3.63) is 65.7 Å². The van der Waals surface area contributed by atoms with E-state index in [0.29, 0.717) is 11.3 Å². The highest BCUT2D eigenvalue weighted by Gasteiger charge is 2.28. The molecule has 27 heavy (non-hydrogen) atoms. The number of ether oxygens (including phenoxy) is 1. The number of nitriles is 2. The third kappa shape index (κ3) is 5.09. The second-order valence-corrected chi connectivity index (χ2v) is 6.71. The van der Waals surface area contributed by atoms with Gasteiger partial charge in [-0.2, -0.15) is 10.5 Å². The van der Waals surface area contributed by atoms with Crippen LogP contribution in [0.15, 0.2) is 54.6 Å². The first-order valence-corrected chi connectivity index (χ1v) is 8.88. The highest BCUT2D eigenvalue weighted by molar-refractivity contribution is 5.81. The molecule has 0 heterocycles. The van der Waals surface area contributed by atoms with Gasteiger partial charge in [0.05, 0.1) is 17.7 Å². The van der Waals surface area contributed by atoms with E-state index in [1.54, 1.807) is 24.3 Å². The van der Waals surface area contributed by atoms with E-state index in [2.05, 4.69) is 17.5 Å². The molecule has 1 amide bonds. The van der Waals surface area contributed by atoms with Crippen molar-refractivity contribution in [1.29, 1.82) is 10.5 Å². The summed E-state index contributed by atoms with van der Waals surface area (Å²) in [5.74, 6) is -0.679. The van der Waals surface area contributed by atoms with Gasteiger partial charge in [-0.15, -0.1) is 0 Å². The van der Waals surface area contributed by atoms with Crippen LogP contribution in [-0.2, 0) is 4.79 Å². The predicted octanol–water partition coefficient (Wildman–Crippen LogP) is 3.98. The minimum absolute atomic E-state index is 0.0855. The summed E-state index contributed by atoms with van der Waals surface area (Å²) in [5, 5.41) is 21.5. The number of benzene rings is 2. The predicted molar refractivity (Wildman–Crippen MR) is 103 cm³/mol. The quantitative estimate of drug-likeness (QED) is 0.808. The van der Waals surface area contributed by atoms with Crippen LogP contribution in [0.1, 0.15) is 38.0 Å². The van der Waals surface area contributed by atoms with Gasteiger partial charge in [0.2, 0.25) is 5.91 Å². The maximum Gasteiger partial charge on any atom is 0.237 e. The van der Waals surface area contributed by atoms with Crippen molar-refractivity contribution in [2.45, 2.75) is 32.9 Å². The maximum atomic E-state index is 12.5. The molecule has 0 spiro atoms. The smallest absolute Gasteiger partial charge is 0.237 e. The second kappa shape index (κ2) is 9.40.